The maximum Gasteiger partial charge on any atom is 0.115 e. The summed E-state index contributed by atoms with van der Waals surface area (Å²) in [5.74, 6) is 0.350. The van der Waals surface area contributed by atoms with Crippen LogP contribution >= 0.6 is 0 Å². The second-order valence-electron chi connectivity index (χ2n) is 7.06. The van der Waals surface area contributed by atoms with E-state index in [-0.39, 0.29) is 0 Å². The SMILES string of the molecule is CCCCCCCCCCCCCCNCCc1ccc(O)cc1. The van der Waals surface area contributed by atoms with E-state index in [0.29, 0.717) is 5.75 Å². The lowest BCUT2D eigenvalue weighted by Crippen LogP contribution is -2.18. The Hall–Kier alpha value is -1.02. The fraction of sp³-hybridized carbons (Fsp3) is 0.727. The molecule has 0 atom stereocenters. The van der Waals surface area contributed by atoms with Crippen molar-refractivity contribution in [1.82, 2.24) is 5.32 Å². The Bertz CT molecular complexity index is 374. The number of aromatic hydroxyl groups is 1. The normalized spacial score (nSPS) is 11.0. The molecule has 2 heteroatoms. The van der Waals surface area contributed by atoms with Gasteiger partial charge in [-0.15, -0.1) is 0 Å². The summed E-state index contributed by atoms with van der Waals surface area (Å²) in [6.07, 6.45) is 18.0. The van der Waals surface area contributed by atoms with Gasteiger partial charge in [0.1, 0.15) is 5.75 Å². The van der Waals surface area contributed by atoms with Gasteiger partial charge in [-0.05, 0) is 43.6 Å². The number of unbranched alkanes of at least 4 members (excludes halogenated alkanes) is 11. The molecule has 0 aromatic heterocycles. The smallest absolute Gasteiger partial charge is 0.115 e. The van der Waals surface area contributed by atoms with Gasteiger partial charge in [-0.3, -0.25) is 0 Å². The lowest BCUT2D eigenvalue weighted by molar-refractivity contribution is 0.475. The van der Waals surface area contributed by atoms with Gasteiger partial charge < -0.3 is 10.4 Å². The number of benzene rings is 1. The topological polar surface area (TPSA) is 32.3 Å². The molecule has 0 saturated carbocycles. The van der Waals surface area contributed by atoms with Gasteiger partial charge in [0.25, 0.3) is 0 Å². The predicted molar refractivity (Wildman–Crippen MR) is 106 cm³/mol. The van der Waals surface area contributed by atoms with Crippen LogP contribution in [0.25, 0.3) is 0 Å². The molecule has 1 aromatic rings. The second kappa shape index (κ2) is 15.5. The maximum atomic E-state index is 9.24. The Morgan fingerprint density at radius 3 is 1.71 bits per heavy atom. The van der Waals surface area contributed by atoms with Crippen molar-refractivity contribution in [3.63, 3.8) is 0 Å². The molecule has 138 valence electrons. The zero-order chi connectivity index (χ0) is 17.3. The fourth-order valence-corrected chi connectivity index (χ4v) is 3.11. The molecular formula is C22H39NO. The molecule has 1 aromatic carbocycles. The van der Waals surface area contributed by atoms with Gasteiger partial charge in [-0.1, -0.05) is 89.7 Å². The van der Waals surface area contributed by atoms with Crippen LogP contribution in [0.3, 0.4) is 0 Å². The molecule has 0 radical (unpaired) electrons. The zero-order valence-corrected chi connectivity index (χ0v) is 15.9. The van der Waals surface area contributed by atoms with Crippen LogP contribution in [0.5, 0.6) is 5.75 Å². The molecular weight excluding hydrogens is 294 g/mol. The van der Waals surface area contributed by atoms with Crippen molar-refractivity contribution in [3.05, 3.63) is 29.8 Å². The van der Waals surface area contributed by atoms with Crippen molar-refractivity contribution in [1.29, 1.82) is 0 Å². The van der Waals surface area contributed by atoms with Crippen molar-refractivity contribution >= 4 is 0 Å². The monoisotopic (exact) mass is 333 g/mol. The van der Waals surface area contributed by atoms with Crippen LogP contribution in [0, 0.1) is 0 Å². The molecule has 0 saturated heterocycles. The molecule has 0 spiro atoms. The Balaban J connectivity index is 1.75. The van der Waals surface area contributed by atoms with Crippen LogP contribution in [-0.4, -0.2) is 18.2 Å². The Labute approximate surface area is 150 Å². The number of nitrogens with one attached hydrogen (secondary N) is 1. The molecule has 0 aliphatic carbocycles. The average molecular weight is 334 g/mol. The summed E-state index contributed by atoms with van der Waals surface area (Å²) >= 11 is 0. The first-order valence-corrected chi connectivity index (χ1v) is 10.3. The van der Waals surface area contributed by atoms with Crippen LogP contribution in [0.15, 0.2) is 24.3 Å². The van der Waals surface area contributed by atoms with Crippen molar-refractivity contribution in [3.8, 4) is 5.75 Å². The van der Waals surface area contributed by atoms with Crippen LogP contribution in [0.4, 0.5) is 0 Å². The van der Waals surface area contributed by atoms with Crippen molar-refractivity contribution < 1.29 is 5.11 Å². The van der Waals surface area contributed by atoms with Crippen molar-refractivity contribution in [2.75, 3.05) is 13.1 Å². The summed E-state index contributed by atoms with van der Waals surface area (Å²) < 4.78 is 0. The van der Waals surface area contributed by atoms with Crippen LogP contribution in [0.1, 0.15) is 89.5 Å². The highest BCUT2D eigenvalue weighted by Gasteiger charge is 1.95. The molecule has 24 heavy (non-hydrogen) atoms. The molecule has 0 fully saturated rings. The van der Waals surface area contributed by atoms with Gasteiger partial charge in [0, 0.05) is 0 Å². The first-order valence-electron chi connectivity index (χ1n) is 10.3. The van der Waals surface area contributed by atoms with Gasteiger partial charge in [0.15, 0.2) is 0 Å². The maximum absolute atomic E-state index is 9.24. The van der Waals surface area contributed by atoms with Gasteiger partial charge in [0.05, 0.1) is 0 Å². The first-order chi connectivity index (χ1) is 11.8. The van der Waals surface area contributed by atoms with E-state index in [0.717, 1.165) is 19.5 Å². The third-order valence-electron chi connectivity index (χ3n) is 4.73. The van der Waals surface area contributed by atoms with Crippen molar-refractivity contribution in [2.45, 2.75) is 90.4 Å². The van der Waals surface area contributed by atoms with E-state index in [1.807, 2.05) is 12.1 Å². The molecule has 2 nitrogen and oxygen atoms in total. The van der Waals surface area contributed by atoms with E-state index in [9.17, 15) is 5.11 Å². The Morgan fingerprint density at radius 1 is 0.667 bits per heavy atom. The molecule has 1 rings (SSSR count). The first kappa shape index (κ1) is 21.0. The second-order valence-corrected chi connectivity index (χ2v) is 7.06. The molecule has 0 aliphatic rings. The molecule has 0 amide bonds. The molecule has 0 aliphatic heterocycles. The summed E-state index contributed by atoms with van der Waals surface area (Å²) in [7, 11) is 0. The number of hydrogen-bond acceptors (Lipinski definition) is 2. The number of phenols is 1. The third-order valence-corrected chi connectivity index (χ3v) is 4.73. The predicted octanol–water partition coefficient (Wildman–Crippen LogP) is 6.23. The summed E-state index contributed by atoms with van der Waals surface area (Å²) in [4.78, 5) is 0. The van der Waals surface area contributed by atoms with E-state index in [1.54, 1.807) is 12.1 Å². The number of phenolic OH excluding ortho intramolecular Hbond substituents is 1. The minimum Gasteiger partial charge on any atom is -0.508 e. The van der Waals surface area contributed by atoms with E-state index in [4.69, 9.17) is 0 Å². The summed E-state index contributed by atoms with van der Waals surface area (Å²) in [6, 6.07) is 7.53. The lowest BCUT2D eigenvalue weighted by Gasteiger charge is -2.05. The highest BCUT2D eigenvalue weighted by molar-refractivity contribution is 5.25. The summed E-state index contributed by atoms with van der Waals surface area (Å²) in [5.41, 5.74) is 1.29. The summed E-state index contributed by atoms with van der Waals surface area (Å²) in [5, 5.41) is 12.8. The van der Waals surface area contributed by atoms with E-state index in [1.165, 1.54) is 82.6 Å². The summed E-state index contributed by atoms with van der Waals surface area (Å²) in [6.45, 7) is 4.45. The standard InChI is InChI=1S/C22H39NO/c1-2-3-4-5-6-7-8-9-10-11-12-13-19-23-20-18-21-14-16-22(24)17-15-21/h14-17,23-24H,2-13,18-20H2,1H3. The number of hydrogen-bond donors (Lipinski definition) is 2. The number of rotatable bonds is 16. The largest absolute Gasteiger partial charge is 0.508 e. The van der Waals surface area contributed by atoms with E-state index in [2.05, 4.69) is 12.2 Å². The van der Waals surface area contributed by atoms with Gasteiger partial charge in [-0.25, -0.2) is 0 Å². The van der Waals surface area contributed by atoms with Crippen molar-refractivity contribution in [2.24, 2.45) is 0 Å². The molecule has 2 N–H and O–H groups in total. The van der Waals surface area contributed by atoms with Gasteiger partial charge in [0.2, 0.25) is 0 Å². The van der Waals surface area contributed by atoms with E-state index < -0.39 is 0 Å². The zero-order valence-electron chi connectivity index (χ0n) is 15.9. The van der Waals surface area contributed by atoms with E-state index >= 15 is 0 Å². The molecule has 0 unspecified atom stereocenters. The minimum absolute atomic E-state index is 0.350. The van der Waals surface area contributed by atoms with Crippen LogP contribution < -0.4 is 5.32 Å². The highest BCUT2D eigenvalue weighted by Crippen LogP contribution is 2.12. The minimum atomic E-state index is 0.350. The quantitative estimate of drug-likeness (QED) is 0.352. The lowest BCUT2D eigenvalue weighted by atomic mass is 10.1. The van der Waals surface area contributed by atoms with Gasteiger partial charge >= 0.3 is 0 Å². The highest BCUT2D eigenvalue weighted by atomic mass is 16.3. The average Bonchev–Trinajstić information content (AvgIpc) is 2.60. The Kier molecular flexibility index (Phi) is 13.6. The van der Waals surface area contributed by atoms with Gasteiger partial charge in [-0.2, -0.15) is 0 Å². The Morgan fingerprint density at radius 2 is 1.17 bits per heavy atom. The molecule has 0 heterocycles. The molecule has 0 bridgehead atoms. The van der Waals surface area contributed by atoms with Crippen LogP contribution in [-0.2, 0) is 6.42 Å². The fourth-order valence-electron chi connectivity index (χ4n) is 3.11. The van der Waals surface area contributed by atoms with Crippen LogP contribution in [0.2, 0.25) is 0 Å². The third kappa shape index (κ3) is 12.4.